The lowest BCUT2D eigenvalue weighted by Gasteiger charge is -2.08. The zero-order valence-electron chi connectivity index (χ0n) is 13.9. The first-order valence-corrected chi connectivity index (χ1v) is 9.12. The van der Waals surface area contributed by atoms with Crippen molar-refractivity contribution in [3.8, 4) is 17.1 Å². The summed E-state index contributed by atoms with van der Waals surface area (Å²) in [7, 11) is 0. The van der Waals surface area contributed by atoms with Crippen LogP contribution < -0.4 is 4.74 Å². The number of thioether (sulfide) groups is 1. The second-order valence-electron chi connectivity index (χ2n) is 5.30. The fraction of sp³-hybridized carbons (Fsp3) is 0.211. The van der Waals surface area contributed by atoms with E-state index in [0.29, 0.717) is 13.2 Å². The van der Waals surface area contributed by atoms with E-state index in [2.05, 4.69) is 26.3 Å². The first-order chi connectivity index (χ1) is 12.4. The van der Waals surface area contributed by atoms with Crippen molar-refractivity contribution < 1.29 is 4.74 Å². The summed E-state index contributed by atoms with van der Waals surface area (Å²) < 4.78 is 7.79. The normalized spacial score (nSPS) is 10.6. The molecule has 0 amide bonds. The largest absolute Gasteiger partial charge is 0.494 e. The zero-order chi connectivity index (χ0) is 17.3. The maximum atomic E-state index is 5.72. The van der Waals surface area contributed by atoms with Gasteiger partial charge in [-0.2, -0.15) is 0 Å². The van der Waals surface area contributed by atoms with Crippen molar-refractivity contribution in [3.63, 3.8) is 0 Å². The van der Waals surface area contributed by atoms with E-state index in [-0.39, 0.29) is 0 Å². The van der Waals surface area contributed by atoms with E-state index < -0.39 is 0 Å². The molecule has 0 N–H and O–H groups in total. The Morgan fingerprint density at radius 1 is 1.08 bits per heavy atom. The summed E-state index contributed by atoms with van der Waals surface area (Å²) in [6.45, 7) is 5.20. The van der Waals surface area contributed by atoms with Crippen LogP contribution in [-0.2, 0) is 6.54 Å². The van der Waals surface area contributed by atoms with E-state index in [1.165, 1.54) is 0 Å². The number of ether oxygens (including phenoxy) is 1. The lowest BCUT2D eigenvalue weighted by Crippen LogP contribution is -2.02. The Morgan fingerprint density at radius 3 is 2.64 bits per heavy atom. The van der Waals surface area contributed by atoms with E-state index in [0.717, 1.165) is 34.5 Å². The summed E-state index contributed by atoms with van der Waals surface area (Å²) in [4.78, 5) is 4.05. The summed E-state index contributed by atoms with van der Waals surface area (Å²) in [5, 5.41) is 9.57. The SMILES string of the molecule is C=CCn1c(SCCCOc2ccccc2)nnc1-c1ccncc1. The van der Waals surface area contributed by atoms with Crippen LogP contribution in [0.25, 0.3) is 11.4 Å². The van der Waals surface area contributed by atoms with Crippen molar-refractivity contribution in [2.75, 3.05) is 12.4 Å². The number of benzene rings is 1. The van der Waals surface area contributed by atoms with Crippen LogP contribution in [-0.4, -0.2) is 32.1 Å². The number of hydrogen-bond acceptors (Lipinski definition) is 5. The Morgan fingerprint density at radius 2 is 1.88 bits per heavy atom. The van der Waals surface area contributed by atoms with Gasteiger partial charge in [0.1, 0.15) is 5.75 Å². The van der Waals surface area contributed by atoms with Gasteiger partial charge in [-0.25, -0.2) is 0 Å². The monoisotopic (exact) mass is 352 g/mol. The maximum Gasteiger partial charge on any atom is 0.191 e. The first kappa shape index (κ1) is 17.2. The molecule has 1 aromatic carbocycles. The van der Waals surface area contributed by atoms with Crippen LogP contribution in [0.1, 0.15) is 6.42 Å². The third kappa shape index (κ3) is 4.70. The van der Waals surface area contributed by atoms with Gasteiger partial charge < -0.3 is 4.74 Å². The molecule has 0 atom stereocenters. The van der Waals surface area contributed by atoms with Crippen LogP contribution in [0.5, 0.6) is 5.75 Å². The van der Waals surface area contributed by atoms with E-state index in [1.807, 2.05) is 48.5 Å². The Balaban J connectivity index is 1.57. The number of aromatic nitrogens is 4. The fourth-order valence-electron chi connectivity index (χ4n) is 2.33. The first-order valence-electron chi connectivity index (χ1n) is 8.13. The smallest absolute Gasteiger partial charge is 0.191 e. The molecule has 3 rings (SSSR count). The Hall–Kier alpha value is -2.60. The highest BCUT2D eigenvalue weighted by molar-refractivity contribution is 7.99. The second kappa shape index (κ2) is 9.03. The predicted molar refractivity (Wildman–Crippen MR) is 101 cm³/mol. The minimum absolute atomic E-state index is 0.674. The van der Waals surface area contributed by atoms with Gasteiger partial charge in [0.15, 0.2) is 11.0 Å². The number of para-hydroxylation sites is 1. The van der Waals surface area contributed by atoms with E-state index >= 15 is 0 Å². The van der Waals surface area contributed by atoms with Crippen molar-refractivity contribution in [2.45, 2.75) is 18.1 Å². The molecule has 0 unspecified atom stereocenters. The van der Waals surface area contributed by atoms with Gasteiger partial charge >= 0.3 is 0 Å². The standard InChI is InChI=1S/C19H20N4OS/c1-2-13-23-18(16-9-11-20-12-10-16)21-22-19(23)25-15-6-14-24-17-7-4-3-5-8-17/h2-5,7-12H,1,6,13-15H2. The van der Waals surface area contributed by atoms with Crippen LogP contribution >= 0.6 is 11.8 Å². The fourth-order valence-corrected chi connectivity index (χ4v) is 3.19. The summed E-state index contributed by atoms with van der Waals surface area (Å²) in [5.74, 6) is 2.66. The molecule has 0 aliphatic carbocycles. The minimum Gasteiger partial charge on any atom is -0.494 e. The number of hydrogen-bond donors (Lipinski definition) is 0. The molecule has 0 aliphatic heterocycles. The van der Waals surface area contributed by atoms with Crippen LogP contribution in [0, 0.1) is 0 Å². The van der Waals surface area contributed by atoms with Crippen molar-refractivity contribution in [1.29, 1.82) is 0 Å². The molecule has 2 heterocycles. The second-order valence-corrected chi connectivity index (χ2v) is 6.37. The molecule has 0 bridgehead atoms. The molecule has 0 spiro atoms. The minimum atomic E-state index is 0.674. The van der Waals surface area contributed by atoms with Crippen LogP contribution in [0.4, 0.5) is 0 Å². The molecule has 0 saturated heterocycles. The average Bonchev–Trinajstić information content (AvgIpc) is 3.06. The summed E-state index contributed by atoms with van der Waals surface area (Å²) >= 11 is 1.68. The number of pyridine rings is 1. The van der Waals surface area contributed by atoms with Gasteiger partial charge in [-0.3, -0.25) is 9.55 Å². The molecule has 25 heavy (non-hydrogen) atoms. The van der Waals surface area contributed by atoms with Gasteiger partial charge in [-0.1, -0.05) is 36.0 Å². The Labute approximate surface area is 151 Å². The van der Waals surface area contributed by atoms with Crippen LogP contribution in [0.2, 0.25) is 0 Å². The van der Waals surface area contributed by atoms with Crippen molar-refractivity contribution in [2.24, 2.45) is 0 Å². The van der Waals surface area contributed by atoms with Crippen molar-refractivity contribution >= 4 is 11.8 Å². The van der Waals surface area contributed by atoms with E-state index in [1.54, 1.807) is 24.2 Å². The number of allylic oxidation sites excluding steroid dienone is 1. The van der Waals surface area contributed by atoms with Gasteiger partial charge in [0.25, 0.3) is 0 Å². The van der Waals surface area contributed by atoms with Crippen LogP contribution in [0.3, 0.4) is 0 Å². The van der Waals surface area contributed by atoms with E-state index in [9.17, 15) is 0 Å². The highest BCUT2D eigenvalue weighted by Gasteiger charge is 2.13. The average molecular weight is 352 g/mol. The highest BCUT2D eigenvalue weighted by atomic mass is 32.2. The molecule has 5 nitrogen and oxygen atoms in total. The molecule has 0 aliphatic rings. The molecule has 2 aromatic heterocycles. The third-order valence-corrected chi connectivity index (χ3v) is 4.55. The van der Waals surface area contributed by atoms with Crippen molar-refractivity contribution in [1.82, 2.24) is 19.7 Å². The zero-order valence-corrected chi connectivity index (χ0v) is 14.7. The molecular weight excluding hydrogens is 332 g/mol. The molecule has 3 aromatic rings. The quantitative estimate of drug-likeness (QED) is 0.330. The molecule has 0 saturated carbocycles. The van der Waals surface area contributed by atoms with Crippen molar-refractivity contribution in [3.05, 3.63) is 67.5 Å². The highest BCUT2D eigenvalue weighted by Crippen LogP contribution is 2.24. The topological polar surface area (TPSA) is 52.8 Å². The lowest BCUT2D eigenvalue weighted by atomic mass is 10.2. The van der Waals surface area contributed by atoms with E-state index in [4.69, 9.17) is 4.74 Å². The third-order valence-electron chi connectivity index (χ3n) is 3.50. The summed E-state index contributed by atoms with van der Waals surface area (Å²) in [6.07, 6.45) is 6.31. The number of nitrogens with zero attached hydrogens (tertiary/aromatic N) is 4. The van der Waals surface area contributed by atoms with Gasteiger partial charge in [-0.15, -0.1) is 16.8 Å². The molecular formula is C19H20N4OS. The Kier molecular flexibility index (Phi) is 6.23. The lowest BCUT2D eigenvalue weighted by molar-refractivity contribution is 0.318. The Bertz CT molecular complexity index is 790. The van der Waals surface area contributed by atoms with Crippen LogP contribution in [0.15, 0.2) is 72.7 Å². The number of rotatable bonds is 9. The predicted octanol–water partition coefficient (Wildman–Crippen LogP) is 4.09. The van der Waals surface area contributed by atoms with Gasteiger partial charge in [-0.05, 0) is 30.7 Å². The van der Waals surface area contributed by atoms with Gasteiger partial charge in [0.2, 0.25) is 0 Å². The molecule has 6 heteroatoms. The molecule has 0 radical (unpaired) electrons. The molecule has 0 fully saturated rings. The summed E-state index contributed by atoms with van der Waals surface area (Å²) in [6, 6.07) is 13.7. The molecule has 128 valence electrons. The van der Waals surface area contributed by atoms with Gasteiger partial charge in [0, 0.05) is 30.3 Å². The maximum absolute atomic E-state index is 5.72. The van der Waals surface area contributed by atoms with Gasteiger partial charge in [0.05, 0.1) is 6.61 Å². The summed E-state index contributed by atoms with van der Waals surface area (Å²) in [5.41, 5.74) is 1.00.